The second-order valence-electron chi connectivity index (χ2n) is 3.67. The van der Waals surface area contributed by atoms with Crippen molar-refractivity contribution in [1.82, 2.24) is 5.32 Å². The van der Waals surface area contributed by atoms with Gasteiger partial charge in [0.15, 0.2) is 0 Å². The van der Waals surface area contributed by atoms with Gasteiger partial charge in [-0.1, -0.05) is 36.2 Å². The molecule has 1 heterocycles. The van der Waals surface area contributed by atoms with E-state index in [-0.39, 0.29) is 6.04 Å². The molecular weight excluding hydrogens is 273 g/mol. The Balaban J connectivity index is 2.42. The molecule has 0 aliphatic carbocycles. The van der Waals surface area contributed by atoms with Crippen molar-refractivity contribution < 1.29 is 0 Å². The zero-order valence-corrected chi connectivity index (χ0v) is 11.7. The molecule has 17 heavy (non-hydrogen) atoms. The zero-order chi connectivity index (χ0) is 12.3. The monoisotopic (exact) mass is 285 g/mol. The standard InChI is InChI=1S/C13H13Cl2NS/c1-2-16-13(12-4-3-7-17-12)10-8-9(14)5-6-11(10)15/h3-8,13,16H,2H2,1H3. The van der Waals surface area contributed by atoms with Gasteiger partial charge in [-0.15, -0.1) is 11.3 Å². The Kier molecular flexibility index (Phi) is 4.46. The first-order valence-corrected chi connectivity index (χ1v) is 7.07. The second kappa shape index (κ2) is 5.87. The third-order valence-corrected chi connectivity index (χ3v) is 4.02. The number of hydrogen-bond acceptors (Lipinski definition) is 2. The topological polar surface area (TPSA) is 12.0 Å². The minimum absolute atomic E-state index is 0.117. The molecule has 0 amide bonds. The maximum atomic E-state index is 6.25. The van der Waals surface area contributed by atoms with Crippen LogP contribution in [0.2, 0.25) is 10.0 Å². The van der Waals surface area contributed by atoms with Crippen LogP contribution in [0, 0.1) is 0 Å². The highest BCUT2D eigenvalue weighted by Crippen LogP contribution is 2.32. The number of nitrogens with one attached hydrogen (secondary N) is 1. The van der Waals surface area contributed by atoms with E-state index in [1.165, 1.54) is 4.88 Å². The molecule has 0 aliphatic heterocycles. The van der Waals surface area contributed by atoms with Crippen LogP contribution in [0.5, 0.6) is 0 Å². The van der Waals surface area contributed by atoms with E-state index < -0.39 is 0 Å². The maximum Gasteiger partial charge on any atom is 0.0686 e. The number of thiophene rings is 1. The van der Waals surface area contributed by atoms with Crippen LogP contribution in [0.3, 0.4) is 0 Å². The van der Waals surface area contributed by atoms with Crippen molar-refractivity contribution in [3.63, 3.8) is 0 Å². The summed E-state index contributed by atoms with van der Waals surface area (Å²) in [7, 11) is 0. The molecule has 90 valence electrons. The summed E-state index contributed by atoms with van der Waals surface area (Å²) in [6.07, 6.45) is 0. The van der Waals surface area contributed by atoms with Gasteiger partial charge in [0.25, 0.3) is 0 Å². The lowest BCUT2D eigenvalue weighted by atomic mass is 10.1. The first-order valence-electron chi connectivity index (χ1n) is 5.44. The molecule has 1 aromatic heterocycles. The van der Waals surface area contributed by atoms with Crippen molar-refractivity contribution in [2.24, 2.45) is 0 Å². The van der Waals surface area contributed by atoms with E-state index in [2.05, 4.69) is 23.7 Å². The molecule has 0 saturated carbocycles. The smallest absolute Gasteiger partial charge is 0.0686 e. The van der Waals surface area contributed by atoms with E-state index in [4.69, 9.17) is 23.2 Å². The minimum atomic E-state index is 0.117. The third-order valence-electron chi connectivity index (χ3n) is 2.50. The fraction of sp³-hybridized carbons (Fsp3) is 0.231. The SMILES string of the molecule is CCNC(c1cccs1)c1cc(Cl)ccc1Cl. The van der Waals surface area contributed by atoms with Gasteiger partial charge in [0, 0.05) is 14.9 Å². The molecule has 1 atom stereocenters. The summed E-state index contributed by atoms with van der Waals surface area (Å²) in [5.41, 5.74) is 1.03. The molecule has 0 spiro atoms. The Labute approximate surface area is 115 Å². The molecule has 1 N–H and O–H groups in total. The molecular formula is C13H13Cl2NS. The number of hydrogen-bond donors (Lipinski definition) is 1. The minimum Gasteiger partial charge on any atom is -0.306 e. The first-order chi connectivity index (χ1) is 8.22. The van der Waals surface area contributed by atoms with E-state index in [0.29, 0.717) is 5.02 Å². The number of halogens is 2. The average molecular weight is 286 g/mol. The van der Waals surface area contributed by atoms with Crippen molar-refractivity contribution in [2.45, 2.75) is 13.0 Å². The average Bonchev–Trinajstić information content (AvgIpc) is 2.83. The largest absolute Gasteiger partial charge is 0.306 e. The summed E-state index contributed by atoms with van der Waals surface area (Å²) in [6, 6.07) is 9.85. The van der Waals surface area contributed by atoms with Gasteiger partial charge in [-0.2, -0.15) is 0 Å². The molecule has 2 rings (SSSR count). The summed E-state index contributed by atoms with van der Waals surface area (Å²) in [5.74, 6) is 0. The molecule has 2 aromatic rings. The normalized spacial score (nSPS) is 12.6. The van der Waals surface area contributed by atoms with Gasteiger partial charge in [0.2, 0.25) is 0 Å². The quantitative estimate of drug-likeness (QED) is 0.855. The van der Waals surface area contributed by atoms with Gasteiger partial charge in [0.1, 0.15) is 0 Å². The van der Waals surface area contributed by atoms with Gasteiger partial charge in [-0.25, -0.2) is 0 Å². The van der Waals surface area contributed by atoms with Crippen LogP contribution in [0.4, 0.5) is 0 Å². The fourth-order valence-corrected chi connectivity index (χ4v) is 2.98. The predicted molar refractivity (Wildman–Crippen MR) is 76.3 cm³/mol. The number of rotatable bonds is 4. The Hall–Kier alpha value is -0.540. The first kappa shape index (κ1) is 12.9. The fourth-order valence-electron chi connectivity index (χ4n) is 1.76. The lowest BCUT2D eigenvalue weighted by Crippen LogP contribution is -2.21. The highest BCUT2D eigenvalue weighted by Gasteiger charge is 2.17. The zero-order valence-electron chi connectivity index (χ0n) is 9.41. The molecule has 0 aliphatic rings. The highest BCUT2D eigenvalue weighted by atomic mass is 35.5. The molecule has 0 radical (unpaired) electrons. The van der Waals surface area contributed by atoms with Crippen molar-refractivity contribution in [3.8, 4) is 0 Å². The lowest BCUT2D eigenvalue weighted by Gasteiger charge is -2.18. The molecule has 0 bridgehead atoms. The molecule has 0 saturated heterocycles. The van der Waals surface area contributed by atoms with Gasteiger partial charge >= 0.3 is 0 Å². The van der Waals surface area contributed by atoms with Crippen molar-refractivity contribution in [2.75, 3.05) is 6.54 Å². The third kappa shape index (κ3) is 3.02. The Morgan fingerprint density at radius 3 is 2.76 bits per heavy atom. The van der Waals surface area contributed by atoms with Crippen LogP contribution in [0.1, 0.15) is 23.4 Å². The van der Waals surface area contributed by atoms with Crippen molar-refractivity contribution in [3.05, 3.63) is 56.2 Å². The van der Waals surface area contributed by atoms with Crippen LogP contribution in [0.15, 0.2) is 35.7 Å². The van der Waals surface area contributed by atoms with Crippen LogP contribution < -0.4 is 5.32 Å². The van der Waals surface area contributed by atoms with Crippen molar-refractivity contribution >= 4 is 34.5 Å². The van der Waals surface area contributed by atoms with Crippen LogP contribution >= 0.6 is 34.5 Å². The summed E-state index contributed by atoms with van der Waals surface area (Å²) < 4.78 is 0. The second-order valence-corrected chi connectivity index (χ2v) is 5.49. The highest BCUT2D eigenvalue weighted by molar-refractivity contribution is 7.10. The van der Waals surface area contributed by atoms with Crippen LogP contribution in [-0.4, -0.2) is 6.54 Å². The van der Waals surface area contributed by atoms with Gasteiger partial charge in [0.05, 0.1) is 6.04 Å². The summed E-state index contributed by atoms with van der Waals surface area (Å²) in [4.78, 5) is 1.25. The maximum absolute atomic E-state index is 6.25. The van der Waals surface area contributed by atoms with E-state index in [1.54, 1.807) is 11.3 Å². The lowest BCUT2D eigenvalue weighted by molar-refractivity contribution is 0.640. The Bertz CT molecular complexity index is 482. The Morgan fingerprint density at radius 2 is 2.12 bits per heavy atom. The van der Waals surface area contributed by atoms with E-state index in [9.17, 15) is 0 Å². The summed E-state index contributed by atoms with van der Waals surface area (Å²) in [6.45, 7) is 2.96. The number of benzene rings is 1. The van der Waals surface area contributed by atoms with E-state index >= 15 is 0 Å². The molecule has 0 fully saturated rings. The molecule has 1 aromatic carbocycles. The molecule has 4 heteroatoms. The van der Waals surface area contributed by atoms with Gasteiger partial charge < -0.3 is 5.32 Å². The predicted octanol–water partition coefficient (Wildman–Crippen LogP) is 4.75. The van der Waals surface area contributed by atoms with Crippen LogP contribution in [-0.2, 0) is 0 Å². The summed E-state index contributed by atoms with van der Waals surface area (Å²) in [5, 5.41) is 6.96. The van der Waals surface area contributed by atoms with E-state index in [1.807, 2.05) is 24.3 Å². The van der Waals surface area contributed by atoms with Crippen LogP contribution in [0.25, 0.3) is 0 Å². The molecule has 1 unspecified atom stereocenters. The van der Waals surface area contributed by atoms with Gasteiger partial charge in [-0.05, 0) is 41.8 Å². The molecule has 1 nitrogen and oxygen atoms in total. The Morgan fingerprint density at radius 1 is 1.29 bits per heavy atom. The van der Waals surface area contributed by atoms with E-state index in [0.717, 1.165) is 17.1 Å². The summed E-state index contributed by atoms with van der Waals surface area (Å²) >= 11 is 14.0. The van der Waals surface area contributed by atoms with Crippen molar-refractivity contribution in [1.29, 1.82) is 0 Å². The van der Waals surface area contributed by atoms with Gasteiger partial charge in [-0.3, -0.25) is 0 Å².